The fraction of sp³-hybridized carbons (Fsp3) is 0.588. The summed E-state index contributed by atoms with van der Waals surface area (Å²) < 4.78 is 0. The molecule has 114 valence electrons. The number of rotatable bonds is 3. The van der Waals surface area contributed by atoms with Crippen molar-refractivity contribution in [3.05, 3.63) is 35.9 Å². The number of likely N-dealkylation sites (tertiary alicyclic amines) is 1. The van der Waals surface area contributed by atoms with E-state index in [0.717, 1.165) is 52.1 Å². The molecule has 0 aromatic heterocycles. The minimum atomic E-state index is 0.130. The molecule has 1 atom stereocenters. The molecule has 1 aromatic carbocycles. The van der Waals surface area contributed by atoms with E-state index in [1.807, 2.05) is 0 Å². The van der Waals surface area contributed by atoms with E-state index in [2.05, 4.69) is 52.1 Å². The van der Waals surface area contributed by atoms with Crippen LogP contribution in [0.5, 0.6) is 0 Å². The summed E-state index contributed by atoms with van der Waals surface area (Å²) in [6, 6.07) is 10.7. The summed E-state index contributed by atoms with van der Waals surface area (Å²) >= 11 is 0. The first-order valence-corrected chi connectivity index (χ1v) is 7.99. The molecule has 2 heterocycles. The zero-order chi connectivity index (χ0) is 14.7. The Labute approximate surface area is 127 Å². The standard InChI is InChI=1S/C17H25N3O/c1-18-9-5-8-16(18)17(21)20-12-10-19(11-13-20)14-15-6-3-2-4-7-15/h2-4,6-7,16H,5,8-14H2,1H3/t16-/m1/s1. The van der Waals surface area contributed by atoms with Crippen molar-refractivity contribution in [2.45, 2.75) is 25.4 Å². The SMILES string of the molecule is CN1CCC[C@@H]1C(=O)N1CCN(Cc2ccccc2)CC1. The minimum absolute atomic E-state index is 0.130. The molecule has 0 saturated carbocycles. The molecule has 2 aliphatic heterocycles. The molecule has 0 unspecified atom stereocenters. The number of amides is 1. The number of likely N-dealkylation sites (N-methyl/N-ethyl adjacent to an activating group) is 1. The Hall–Kier alpha value is -1.39. The smallest absolute Gasteiger partial charge is 0.240 e. The van der Waals surface area contributed by atoms with Crippen LogP contribution in [0.1, 0.15) is 18.4 Å². The maximum Gasteiger partial charge on any atom is 0.240 e. The van der Waals surface area contributed by atoms with Crippen molar-refractivity contribution in [1.29, 1.82) is 0 Å². The predicted octanol–water partition coefficient (Wildman–Crippen LogP) is 1.42. The van der Waals surface area contributed by atoms with Crippen LogP contribution >= 0.6 is 0 Å². The number of carbonyl (C=O) groups excluding carboxylic acids is 1. The molecule has 0 aliphatic carbocycles. The van der Waals surface area contributed by atoms with Gasteiger partial charge in [-0.2, -0.15) is 0 Å². The summed E-state index contributed by atoms with van der Waals surface area (Å²) in [5.41, 5.74) is 1.35. The van der Waals surface area contributed by atoms with E-state index >= 15 is 0 Å². The van der Waals surface area contributed by atoms with Crippen LogP contribution < -0.4 is 0 Å². The van der Waals surface area contributed by atoms with Crippen LogP contribution in [0.15, 0.2) is 30.3 Å². The van der Waals surface area contributed by atoms with Crippen molar-refractivity contribution >= 4 is 5.91 Å². The van der Waals surface area contributed by atoms with Crippen LogP contribution in [0.2, 0.25) is 0 Å². The Kier molecular flexibility index (Phi) is 4.56. The van der Waals surface area contributed by atoms with Crippen molar-refractivity contribution in [1.82, 2.24) is 14.7 Å². The second kappa shape index (κ2) is 6.58. The molecule has 1 amide bonds. The van der Waals surface area contributed by atoms with Crippen LogP contribution in [-0.2, 0) is 11.3 Å². The van der Waals surface area contributed by atoms with Gasteiger partial charge in [0.15, 0.2) is 0 Å². The highest BCUT2D eigenvalue weighted by atomic mass is 16.2. The fourth-order valence-electron chi connectivity index (χ4n) is 3.40. The number of hydrogen-bond donors (Lipinski definition) is 0. The maximum atomic E-state index is 12.5. The normalized spacial score (nSPS) is 24.4. The van der Waals surface area contributed by atoms with Gasteiger partial charge in [0.2, 0.25) is 5.91 Å². The van der Waals surface area contributed by atoms with Gasteiger partial charge in [-0.1, -0.05) is 30.3 Å². The van der Waals surface area contributed by atoms with E-state index in [1.54, 1.807) is 0 Å². The van der Waals surface area contributed by atoms with Gasteiger partial charge < -0.3 is 4.90 Å². The summed E-state index contributed by atoms with van der Waals surface area (Å²) in [4.78, 5) is 19.3. The summed E-state index contributed by atoms with van der Waals surface area (Å²) in [6.45, 7) is 5.76. The van der Waals surface area contributed by atoms with Crippen LogP contribution in [0.3, 0.4) is 0 Å². The average molecular weight is 287 g/mol. The average Bonchev–Trinajstić information content (AvgIpc) is 2.94. The molecule has 4 heteroatoms. The van der Waals surface area contributed by atoms with Gasteiger partial charge in [0, 0.05) is 32.7 Å². The van der Waals surface area contributed by atoms with E-state index in [4.69, 9.17) is 0 Å². The highest BCUT2D eigenvalue weighted by Gasteiger charge is 2.32. The van der Waals surface area contributed by atoms with Gasteiger partial charge in [0.1, 0.15) is 0 Å². The minimum Gasteiger partial charge on any atom is -0.339 e. The lowest BCUT2D eigenvalue weighted by molar-refractivity contribution is -0.137. The zero-order valence-corrected chi connectivity index (χ0v) is 12.9. The Balaban J connectivity index is 1.50. The van der Waals surface area contributed by atoms with Gasteiger partial charge in [-0.25, -0.2) is 0 Å². The number of hydrogen-bond acceptors (Lipinski definition) is 3. The van der Waals surface area contributed by atoms with Crippen molar-refractivity contribution in [2.75, 3.05) is 39.8 Å². The van der Waals surface area contributed by atoms with Gasteiger partial charge in [-0.15, -0.1) is 0 Å². The van der Waals surface area contributed by atoms with E-state index in [1.165, 1.54) is 5.56 Å². The van der Waals surface area contributed by atoms with Gasteiger partial charge in [-0.05, 0) is 32.0 Å². The summed E-state index contributed by atoms with van der Waals surface area (Å²) in [6.07, 6.45) is 2.18. The van der Waals surface area contributed by atoms with Gasteiger partial charge in [0.05, 0.1) is 6.04 Å². The van der Waals surface area contributed by atoms with Gasteiger partial charge in [-0.3, -0.25) is 14.6 Å². The lowest BCUT2D eigenvalue weighted by Gasteiger charge is -2.36. The monoisotopic (exact) mass is 287 g/mol. The fourth-order valence-corrected chi connectivity index (χ4v) is 3.40. The lowest BCUT2D eigenvalue weighted by atomic mass is 10.1. The summed E-state index contributed by atoms with van der Waals surface area (Å²) in [5, 5.41) is 0. The molecule has 4 nitrogen and oxygen atoms in total. The van der Waals surface area contributed by atoms with Crippen LogP contribution in [-0.4, -0.2) is 66.4 Å². The molecule has 0 spiro atoms. The van der Waals surface area contributed by atoms with E-state index in [0.29, 0.717) is 5.91 Å². The summed E-state index contributed by atoms with van der Waals surface area (Å²) in [5.74, 6) is 0.342. The first-order chi connectivity index (χ1) is 10.2. The Morgan fingerprint density at radius 1 is 1.10 bits per heavy atom. The second-order valence-corrected chi connectivity index (χ2v) is 6.23. The second-order valence-electron chi connectivity index (χ2n) is 6.23. The summed E-state index contributed by atoms with van der Waals surface area (Å²) in [7, 11) is 2.07. The number of benzene rings is 1. The highest BCUT2D eigenvalue weighted by Crippen LogP contribution is 2.18. The first kappa shape index (κ1) is 14.5. The molecule has 21 heavy (non-hydrogen) atoms. The number of carbonyl (C=O) groups is 1. The maximum absolute atomic E-state index is 12.5. The van der Waals surface area contributed by atoms with Gasteiger partial charge in [0.25, 0.3) is 0 Å². The number of piperazine rings is 1. The largest absolute Gasteiger partial charge is 0.339 e. The third-order valence-corrected chi connectivity index (χ3v) is 4.74. The molecular formula is C17H25N3O. The van der Waals surface area contributed by atoms with Crippen molar-refractivity contribution in [3.63, 3.8) is 0 Å². The first-order valence-electron chi connectivity index (χ1n) is 7.99. The van der Waals surface area contributed by atoms with Gasteiger partial charge >= 0.3 is 0 Å². The molecule has 2 saturated heterocycles. The van der Waals surface area contributed by atoms with Crippen molar-refractivity contribution in [2.24, 2.45) is 0 Å². The molecule has 0 radical (unpaired) electrons. The highest BCUT2D eigenvalue weighted by molar-refractivity contribution is 5.82. The third-order valence-electron chi connectivity index (χ3n) is 4.74. The predicted molar refractivity (Wildman–Crippen MR) is 84.0 cm³/mol. The topological polar surface area (TPSA) is 26.8 Å². The number of nitrogens with zero attached hydrogens (tertiary/aromatic N) is 3. The van der Waals surface area contributed by atoms with Crippen LogP contribution in [0.25, 0.3) is 0 Å². The quantitative estimate of drug-likeness (QED) is 0.841. The molecular weight excluding hydrogens is 262 g/mol. The molecule has 0 N–H and O–H groups in total. The Morgan fingerprint density at radius 3 is 2.43 bits per heavy atom. The molecule has 0 bridgehead atoms. The van der Waals surface area contributed by atoms with Crippen LogP contribution in [0, 0.1) is 0 Å². The van der Waals surface area contributed by atoms with Crippen molar-refractivity contribution in [3.8, 4) is 0 Å². The molecule has 3 rings (SSSR count). The Bertz CT molecular complexity index is 468. The van der Waals surface area contributed by atoms with E-state index in [9.17, 15) is 4.79 Å². The lowest BCUT2D eigenvalue weighted by Crippen LogP contribution is -2.52. The third kappa shape index (κ3) is 3.44. The van der Waals surface area contributed by atoms with E-state index < -0.39 is 0 Å². The molecule has 2 aliphatic rings. The molecule has 1 aromatic rings. The van der Waals surface area contributed by atoms with Crippen molar-refractivity contribution < 1.29 is 4.79 Å². The Morgan fingerprint density at radius 2 is 1.81 bits per heavy atom. The zero-order valence-electron chi connectivity index (χ0n) is 12.9. The molecule has 2 fully saturated rings. The van der Waals surface area contributed by atoms with Crippen LogP contribution in [0.4, 0.5) is 0 Å². The van der Waals surface area contributed by atoms with E-state index in [-0.39, 0.29) is 6.04 Å².